The number of rotatable bonds is 9. The zero-order valence-corrected chi connectivity index (χ0v) is 18.7. The Morgan fingerprint density at radius 1 is 0.897 bits per heavy atom. The molecular weight excluding hydrogens is 362 g/mol. The van der Waals surface area contributed by atoms with Crippen molar-refractivity contribution >= 4 is 5.97 Å². The van der Waals surface area contributed by atoms with Gasteiger partial charge in [-0.2, -0.15) is 0 Å². The molecule has 0 N–H and O–H groups in total. The lowest BCUT2D eigenvalue weighted by atomic mass is 9.72. The number of hydrogen-bond acceptors (Lipinski definition) is 4. The summed E-state index contributed by atoms with van der Waals surface area (Å²) in [5, 5.41) is 0. The lowest BCUT2D eigenvalue weighted by Crippen LogP contribution is -2.34. The number of ether oxygens (including phenoxy) is 2. The first-order valence-electron chi connectivity index (χ1n) is 12.4. The Morgan fingerprint density at radius 2 is 1.48 bits per heavy atom. The lowest BCUT2D eigenvalue weighted by Gasteiger charge is -2.37. The maximum Gasteiger partial charge on any atom is 0.334 e. The summed E-state index contributed by atoms with van der Waals surface area (Å²) in [6.07, 6.45) is 16.4. The Hall–Kier alpha value is -0.870. The van der Waals surface area contributed by atoms with E-state index in [4.69, 9.17) is 9.47 Å². The SMILES string of the molecule is C=C(CN1CCCCC1)C(=O)OC1CCC(C2CCC(OCCCC)CC2)CC1. The Kier molecular flexibility index (Phi) is 9.51. The van der Waals surface area contributed by atoms with Crippen LogP contribution in [-0.4, -0.2) is 49.3 Å². The van der Waals surface area contributed by atoms with Gasteiger partial charge in [-0.1, -0.05) is 26.3 Å². The zero-order chi connectivity index (χ0) is 20.5. The molecule has 3 rings (SSSR count). The van der Waals surface area contributed by atoms with Gasteiger partial charge in [0.2, 0.25) is 0 Å². The van der Waals surface area contributed by atoms with Gasteiger partial charge in [-0.3, -0.25) is 4.90 Å². The van der Waals surface area contributed by atoms with Gasteiger partial charge in [0.25, 0.3) is 0 Å². The fourth-order valence-corrected chi connectivity index (χ4v) is 5.49. The molecule has 4 heteroatoms. The molecule has 1 aliphatic heterocycles. The monoisotopic (exact) mass is 405 g/mol. The van der Waals surface area contributed by atoms with E-state index in [0.717, 1.165) is 44.4 Å². The lowest BCUT2D eigenvalue weighted by molar-refractivity contribution is -0.146. The first-order chi connectivity index (χ1) is 14.2. The van der Waals surface area contributed by atoms with Crippen molar-refractivity contribution in [2.45, 2.75) is 103 Å². The molecule has 3 aliphatic rings. The summed E-state index contributed by atoms with van der Waals surface area (Å²) < 4.78 is 11.8. The van der Waals surface area contributed by atoms with E-state index >= 15 is 0 Å². The second kappa shape index (κ2) is 12.1. The number of piperidine rings is 1. The number of likely N-dealkylation sites (tertiary alicyclic amines) is 1. The first-order valence-corrected chi connectivity index (χ1v) is 12.4. The third-order valence-electron chi connectivity index (χ3n) is 7.38. The van der Waals surface area contributed by atoms with E-state index in [0.29, 0.717) is 18.2 Å². The molecule has 0 bridgehead atoms. The summed E-state index contributed by atoms with van der Waals surface area (Å²) in [4.78, 5) is 14.8. The number of unbranched alkanes of at least 4 members (excludes halogenated alkanes) is 1. The highest BCUT2D eigenvalue weighted by Crippen LogP contribution is 2.39. The van der Waals surface area contributed by atoms with Crippen LogP contribution in [0.1, 0.15) is 90.4 Å². The van der Waals surface area contributed by atoms with E-state index in [1.807, 2.05) is 0 Å². The molecule has 2 saturated carbocycles. The van der Waals surface area contributed by atoms with E-state index < -0.39 is 0 Å². The molecule has 0 unspecified atom stereocenters. The summed E-state index contributed by atoms with van der Waals surface area (Å²) in [5.74, 6) is 1.51. The standard InChI is InChI=1S/C25H43NO3/c1-3-4-18-28-23-12-8-21(9-13-23)22-10-14-24(15-11-22)29-25(27)20(2)19-26-16-6-5-7-17-26/h21-24H,2-19H2,1H3. The molecule has 4 nitrogen and oxygen atoms in total. The van der Waals surface area contributed by atoms with Crippen LogP contribution in [0.5, 0.6) is 0 Å². The molecule has 1 heterocycles. The summed E-state index contributed by atoms with van der Waals surface area (Å²) in [6.45, 7) is 10.0. The molecule has 166 valence electrons. The smallest absolute Gasteiger partial charge is 0.334 e. The van der Waals surface area contributed by atoms with Crippen molar-refractivity contribution in [1.82, 2.24) is 4.90 Å². The number of carbonyl (C=O) groups excluding carboxylic acids is 1. The summed E-state index contributed by atoms with van der Waals surface area (Å²) in [5.41, 5.74) is 0.635. The van der Waals surface area contributed by atoms with Gasteiger partial charge in [0, 0.05) is 18.7 Å². The van der Waals surface area contributed by atoms with Crippen LogP contribution < -0.4 is 0 Å². The normalized spacial score (nSPS) is 31.3. The number of carbonyl (C=O) groups is 1. The molecule has 0 spiro atoms. The quantitative estimate of drug-likeness (QED) is 0.288. The molecule has 29 heavy (non-hydrogen) atoms. The number of esters is 1. The van der Waals surface area contributed by atoms with E-state index in [1.54, 1.807) is 0 Å². The Labute approximate surface area is 178 Å². The van der Waals surface area contributed by atoms with E-state index in [2.05, 4.69) is 18.4 Å². The molecule has 0 aromatic carbocycles. The van der Waals surface area contributed by atoms with E-state index in [1.165, 1.54) is 70.6 Å². The molecule has 2 aliphatic carbocycles. The van der Waals surface area contributed by atoms with Crippen molar-refractivity contribution in [1.29, 1.82) is 0 Å². The van der Waals surface area contributed by atoms with Gasteiger partial charge in [-0.15, -0.1) is 0 Å². The minimum atomic E-state index is -0.163. The molecular formula is C25H43NO3. The maximum absolute atomic E-state index is 12.4. The van der Waals surface area contributed by atoms with Crippen molar-refractivity contribution in [3.05, 3.63) is 12.2 Å². The highest BCUT2D eigenvalue weighted by atomic mass is 16.5. The van der Waals surface area contributed by atoms with Crippen molar-refractivity contribution < 1.29 is 14.3 Å². The van der Waals surface area contributed by atoms with Crippen molar-refractivity contribution in [2.75, 3.05) is 26.2 Å². The Morgan fingerprint density at radius 3 is 2.07 bits per heavy atom. The fourth-order valence-electron chi connectivity index (χ4n) is 5.49. The van der Waals surface area contributed by atoms with Crippen molar-refractivity contribution in [3.8, 4) is 0 Å². The third-order valence-corrected chi connectivity index (χ3v) is 7.38. The summed E-state index contributed by atoms with van der Waals surface area (Å²) in [7, 11) is 0. The minimum Gasteiger partial charge on any atom is -0.459 e. The second-order valence-electron chi connectivity index (χ2n) is 9.64. The molecule has 3 fully saturated rings. The van der Waals surface area contributed by atoms with Gasteiger partial charge in [0.1, 0.15) is 6.10 Å². The van der Waals surface area contributed by atoms with Gasteiger partial charge in [-0.05, 0) is 95.6 Å². The predicted molar refractivity (Wildman–Crippen MR) is 118 cm³/mol. The second-order valence-corrected chi connectivity index (χ2v) is 9.64. The van der Waals surface area contributed by atoms with Crippen LogP contribution in [0.4, 0.5) is 0 Å². The van der Waals surface area contributed by atoms with Crippen LogP contribution in [0.15, 0.2) is 12.2 Å². The van der Waals surface area contributed by atoms with Gasteiger partial charge < -0.3 is 9.47 Å². The molecule has 0 aromatic heterocycles. The highest BCUT2D eigenvalue weighted by molar-refractivity contribution is 5.88. The average molecular weight is 406 g/mol. The highest BCUT2D eigenvalue weighted by Gasteiger charge is 2.32. The number of nitrogens with zero attached hydrogens (tertiary/aromatic N) is 1. The van der Waals surface area contributed by atoms with Gasteiger partial charge in [-0.25, -0.2) is 4.79 Å². The van der Waals surface area contributed by atoms with Crippen LogP contribution in [0.2, 0.25) is 0 Å². The van der Waals surface area contributed by atoms with Crippen LogP contribution >= 0.6 is 0 Å². The van der Waals surface area contributed by atoms with Crippen LogP contribution in [0.25, 0.3) is 0 Å². The Balaban J connectivity index is 1.31. The minimum absolute atomic E-state index is 0.102. The van der Waals surface area contributed by atoms with Crippen LogP contribution in [0, 0.1) is 11.8 Å². The van der Waals surface area contributed by atoms with Gasteiger partial charge in [0.05, 0.1) is 6.10 Å². The van der Waals surface area contributed by atoms with E-state index in [9.17, 15) is 4.79 Å². The van der Waals surface area contributed by atoms with Gasteiger partial charge in [0.15, 0.2) is 0 Å². The van der Waals surface area contributed by atoms with Crippen LogP contribution in [0.3, 0.4) is 0 Å². The number of hydrogen-bond donors (Lipinski definition) is 0. The molecule has 0 amide bonds. The fraction of sp³-hybridized carbons (Fsp3) is 0.880. The zero-order valence-electron chi connectivity index (χ0n) is 18.7. The first kappa shape index (κ1) is 22.8. The Bertz CT molecular complexity index is 498. The topological polar surface area (TPSA) is 38.8 Å². The summed E-state index contributed by atoms with van der Waals surface area (Å²) >= 11 is 0. The van der Waals surface area contributed by atoms with Crippen molar-refractivity contribution in [3.63, 3.8) is 0 Å². The predicted octanol–water partition coefficient (Wildman–Crippen LogP) is 5.51. The average Bonchev–Trinajstić information content (AvgIpc) is 2.76. The third kappa shape index (κ3) is 7.40. The maximum atomic E-state index is 12.4. The summed E-state index contributed by atoms with van der Waals surface area (Å²) in [6, 6.07) is 0. The molecule has 0 atom stereocenters. The molecule has 0 radical (unpaired) electrons. The van der Waals surface area contributed by atoms with E-state index in [-0.39, 0.29) is 12.1 Å². The molecule has 1 saturated heterocycles. The van der Waals surface area contributed by atoms with Crippen LogP contribution in [-0.2, 0) is 14.3 Å². The largest absolute Gasteiger partial charge is 0.459 e. The molecule has 0 aromatic rings. The van der Waals surface area contributed by atoms with Gasteiger partial charge >= 0.3 is 5.97 Å². The van der Waals surface area contributed by atoms with Crippen molar-refractivity contribution in [2.24, 2.45) is 11.8 Å².